The van der Waals surface area contributed by atoms with Gasteiger partial charge in [-0.15, -0.1) is 11.3 Å². The van der Waals surface area contributed by atoms with Gasteiger partial charge in [0.05, 0.1) is 25.2 Å². The molecule has 1 aromatic carbocycles. The summed E-state index contributed by atoms with van der Waals surface area (Å²) in [7, 11) is 1.68. The van der Waals surface area contributed by atoms with E-state index in [1.807, 2.05) is 16.7 Å². The van der Waals surface area contributed by atoms with Gasteiger partial charge in [0.15, 0.2) is 5.16 Å². The van der Waals surface area contributed by atoms with Crippen LogP contribution in [0.15, 0.2) is 34.2 Å². The van der Waals surface area contributed by atoms with Crippen molar-refractivity contribution >= 4 is 33.3 Å². The van der Waals surface area contributed by atoms with Crippen LogP contribution in [0.4, 0.5) is 0 Å². The molecule has 0 saturated heterocycles. The molecule has 0 spiro atoms. The van der Waals surface area contributed by atoms with Gasteiger partial charge >= 0.3 is 0 Å². The van der Waals surface area contributed by atoms with Gasteiger partial charge < -0.3 is 9.47 Å². The highest BCUT2D eigenvalue weighted by atomic mass is 32.2. The van der Waals surface area contributed by atoms with E-state index in [-0.39, 0.29) is 17.7 Å². The Morgan fingerprint density at radius 2 is 1.97 bits per heavy atom. The maximum Gasteiger partial charge on any atom is 0.263 e. The molecular weight excluding hydrogens is 452 g/mol. The lowest BCUT2D eigenvalue weighted by Gasteiger charge is -2.27. The number of thiophene rings is 1. The molecule has 0 radical (unpaired) electrons. The predicted molar refractivity (Wildman–Crippen MR) is 136 cm³/mol. The van der Waals surface area contributed by atoms with Gasteiger partial charge in [0, 0.05) is 23.1 Å². The van der Waals surface area contributed by atoms with Crippen molar-refractivity contribution in [2.75, 3.05) is 7.11 Å². The van der Waals surface area contributed by atoms with Crippen LogP contribution in [0.3, 0.4) is 0 Å². The van der Waals surface area contributed by atoms with Gasteiger partial charge in [0.25, 0.3) is 5.56 Å². The monoisotopic (exact) mass is 484 g/mol. The molecule has 7 heteroatoms. The van der Waals surface area contributed by atoms with E-state index in [2.05, 4.69) is 26.0 Å². The van der Waals surface area contributed by atoms with Crippen LogP contribution in [0, 0.1) is 5.92 Å². The molecule has 1 aliphatic heterocycles. The van der Waals surface area contributed by atoms with Crippen LogP contribution in [-0.2, 0) is 23.5 Å². The largest absolute Gasteiger partial charge is 0.497 e. The molecule has 0 amide bonds. The Morgan fingerprint density at radius 3 is 2.67 bits per heavy atom. The van der Waals surface area contributed by atoms with Crippen molar-refractivity contribution in [2.24, 2.45) is 5.92 Å². The Bertz CT molecular complexity index is 1180. The number of thioether (sulfide) groups is 1. The van der Waals surface area contributed by atoms with Gasteiger partial charge in [-0.3, -0.25) is 9.36 Å². The number of benzene rings is 1. The molecule has 2 aliphatic rings. The molecule has 1 fully saturated rings. The zero-order valence-corrected chi connectivity index (χ0v) is 21.3. The van der Waals surface area contributed by atoms with Crippen LogP contribution in [0.1, 0.15) is 68.0 Å². The maximum absolute atomic E-state index is 14.0. The first kappa shape index (κ1) is 22.9. The third-order valence-electron chi connectivity index (χ3n) is 6.95. The van der Waals surface area contributed by atoms with E-state index in [4.69, 9.17) is 14.5 Å². The smallest absolute Gasteiger partial charge is 0.263 e. The fourth-order valence-electron chi connectivity index (χ4n) is 4.98. The molecule has 3 heterocycles. The van der Waals surface area contributed by atoms with Crippen LogP contribution >= 0.6 is 23.1 Å². The second kappa shape index (κ2) is 9.80. The number of hydrogen-bond acceptors (Lipinski definition) is 6. The zero-order chi connectivity index (χ0) is 22.9. The molecular formula is C26H32N2O3S2. The Hall–Kier alpha value is -1.83. The van der Waals surface area contributed by atoms with Crippen LogP contribution in [0.25, 0.3) is 10.2 Å². The second-order valence-corrected chi connectivity index (χ2v) is 11.5. The fourth-order valence-corrected chi connectivity index (χ4v) is 7.17. The molecule has 33 heavy (non-hydrogen) atoms. The number of aromatic nitrogens is 2. The van der Waals surface area contributed by atoms with E-state index in [0.29, 0.717) is 12.5 Å². The van der Waals surface area contributed by atoms with Crippen molar-refractivity contribution in [2.45, 2.75) is 82.0 Å². The fraction of sp³-hybridized carbons (Fsp3) is 0.538. The van der Waals surface area contributed by atoms with Gasteiger partial charge in [0.1, 0.15) is 10.6 Å². The summed E-state index contributed by atoms with van der Waals surface area (Å²) in [4.78, 5) is 21.2. The summed E-state index contributed by atoms with van der Waals surface area (Å²) in [6, 6.07) is 8.39. The van der Waals surface area contributed by atoms with Gasteiger partial charge in [0.2, 0.25) is 0 Å². The predicted octanol–water partition coefficient (Wildman–Crippen LogP) is 6.36. The minimum atomic E-state index is 0.158. The molecule has 0 unspecified atom stereocenters. The number of fused-ring (bicyclic) bond motifs is 3. The molecule has 176 valence electrons. The average Bonchev–Trinajstić information content (AvgIpc) is 3.21. The minimum Gasteiger partial charge on any atom is -0.497 e. The summed E-state index contributed by atoms with van der Waals surface area (Å²) < 4.78 is 13.4. The number of rotatable bonds is 6. The molecule has 0 bridgehead atoms. The molecule has 0 N–H and O–H groups in total. The Morgan fingerprint density at radius 1 is 1.21 bits per heavy atom. The Balaban J connectivity index is 1.55. The van der Waals surface area contributed by atoms with E-state index < -0.39 is 0 Å². The number of nitrogens with zero attached hydrogens (tertiary/aromatic N) is 2. The van der Waals surface area contributed by atoms with Crippen molar-refractivity contribution in [3.63, 3.8) is 0 Å². The Kier molecular flexibility index (Phi) is 6.81. The van der Waals surface area contributed by atoms with Crippen molar-refractivity contribution < 1.29 is 9.47 Å². The zero-order valence-electron chi connectivity index (χ0n) is 19.6. The summed E-state index contributed by atoms with van der Waals surface area (Å²) in [5.41, 5.74) is 2.55. The first-order valence-corrected chi connectivity index (χ1v) is 13.8. The highest BCUT2D eigenvalue weighted by molar-refractivity contribution is 7.98. The van der Waals surface area contributed by atoms with Gasteiger partial charge in [-0.05, 0) is 42.0 Å². The van der Waals surface area contributed by atoms with Crippen LogP contribution < -0.4 is 10.3 Å². The SMILES string of the molecule is COc1ccc(CSc2nc3sc4c(c3c(=O)n2C2CCCCC2)C[C@H](C(C)C)OC4)cc1. The summed E-state index contributed by atoms with van der Waals surface area (Å²) in [6.07, 6.45) is 6.73. The number of methoxy groups -OCH3 is 1. The van der Waals surface area contributed by atoms with Crippen molar-refractivity contribution in [3.05, 3.63) is 50.6 Å². The lowest BCUT2D eigenvalue weighted by atomic mass is 9.94. The van der Waals surface area contributed by atoms with Crippen molar-refractivity contribution in [1.82, 2.24) is 9.55 Å². The summed E-state index contributed by atoms with van der Waals surface area (Å²) in [5.74, 6) is 2.06. The van der Waals surface area contributed by atoms with Crippen LogP contribution in [0.2, 0.25) is 0 Å². The van der Waals surface area contributed by atoms with Gasteiger partial charge in [-0.2, -0.15) is 0 Å². The molecule has 1 saturated carbocycles. The maximum atomic E-state index is 14.0. The standard InChI is InChI=1S/C26H32N2O3S2/c1-16(2)21-13-20-22(14-31-21)33-24-23(20)25(29)28(18-7-5-4-6-8-18)26(27-24)32-15-17-9-11-19(30-3)12-10-17/h9-12,16,18,21H,4-8,13-15H2,1-3H3/t21-/m1/s1. The number of ether oxygens (including phenoxy) is 2. The third-order valence-corrected chi connectivity index (χ3v) is 9.08. The summed E-state index contributed by atoms with van der Waals surface area (Å²) in [6.45, 7) is 4.98. The molecule has 5 rings (SSSR count). The molecule has 2 aromatic heterocycles. The van der Waals surface area contributed by atoms with Gasteiger partial charge in [-0.25, -0.2) is 4.98 Å². The van der Waals surface area contributed by atoms with Crippen molar-refractivity contribution in [3.8, 4) is 5.75 Å². The van der Waals surface area contributed by atoms with E-state index in [1.54, 1.807) is 30.2 Å². The molecule has 3 aromatic rings. The molecule has 5 nitrogen and oxygen atoms in total. The quantitative estimate of drug-likeness (QED) is 0.301. The lowest BCUT2D eigenvalue weighted by molar-refractivity contribution is 0.00200. The van der Waals surface area contributed by atoms with Crippen LogP contribution in [0.5, 0.6) is 5.75 Å². The first-order valence-electron chi connectivity index (χ1n) is 12.0. The third kappa shape index (κ3) is 4.60. The first-order chi connectivity index (χ1) is 16.0. The minimum absolute atomic E-state index is 0.158. The van der Waals surface area contributed by atoms with E-state index >= 15 is 0 Å². The molecule has 1 aliphatic carbocycles. The van der Waals surface area contributed by atoms with E-state index in [1.165, 1.54) is 35.3 Å². The van der Waals surface area contributed by atoms with E-state index in [9.17, 15) is 4.79 Å². The van der Waals surface area contributed by atoms with Gasteiger partial charge in [-0.1, -0.05) is 57.0 Å². The van der Waals surface area contributed by atoms with Crippen LogP contribution in [-0.4, -0.2) is 22.8 Å². The number of hydrogen-bond donors (Lipinski definition) is 0. The molecule has 1 atom stereocenters. The summed E-state index contributed by atoms with van der Waals surface area (Å²) in [5, 5.41) is 1.71. The second-order valence-electron chi connectivity index (χ2n) is 9.48. The summed E-state index contributed by atoms with van der Waals surface area (Å²) >= 11 is 3.32. The Labute approximate surface area is 203 Å². The van der Waals surface area contributed by atoms with E-state index in [0.717, 1.165) is 46.1 Å². The normalized spacial score (nSPS) is 19.2. The highest BCUT2D eigenvalue weighted by Crippen LogP contribution is 2.38. The highest BCUT2D eigenvalue weighted by Gasteiger charge is 2.30. The van der Waals surface area contributed by atoms with Crippen molar-refractivity contribution in [1.29, 1.82) is 0 Å². The lowest BCUT2D eigenvalue weighted by Crippen LogP contribution is -2.31. The topological polar surface area (TPSA) is 53.3 Å². The average molecular weight is 485 g/mol.